The van der Waals surface area contributed by atoms with E-state index >= 15 is 0 Å². The van der Waals surface area contributed by atoms with Gasteiger partial charge in [-0.25, -0.2) is 4.98 Å². The van der Waals surface area contributed by atoms with Gasteiger partial charge in [0.1, 0.15) is 11.1 Å². The van der Waals surface area contributed by atoms with Crippen LogP contribution in [0.2, 0.25) is 0 Å². The zero-order valence-electron chi connectivity index (χ0n) is 10.8. The largest absolute Gasteiger partial charge is 0.395 e. The van der Waals surface area contributed by atoms with Crippen molar-refractivity contribution in [1.29, 1.82) is 0 Å². The fourth-order valence-electron chi connectivity index (χ4n) is 2.32. The monoisotopic (exact) mass is 279 g/mol. The first kappa shape index (κ1) is 12.7. The highest BCUT2D eigenvalue weighted by molar-refractivity contribution is 7.16. The van der Waals surface area contributed by atoms with Gasteiger partial charge in [0.15, 0.2) is 0 Å². The molecule has 2 aromatic rings. The van der Waals surface area contributed by atoms with E-state index in [1.807, 2.05) is 17.6 Å². The van der Waals surface area contributed by atoms with Crippen LogP contribution in [0.15, 0.2) is 17.6 Å². The maximum absolute atomic E-state index is 6.14. The number of nitrogens with zero attached hydrogens (tertiary/aromatic N) is 1. The van der Waals surface area contributed by atoms with Gasteiger partial charge >= 0.3 is 0 Å². The Morgan fingerprint density at radius 1 is 1.58 bits per heavy atom. The van der Waals surface area contributed by atoms with Crippen LogP contribution in [0.5, 0.6) is 0 Å². The molecule has 1 aliphatic heterocycles. The highest BCUT2D eigenvalue weighted by Crippen LogP contribution is 2.31. The molecule has 19 heavy (non-hydrogen) atoms. The smallest absolute Gasteiger partial charge is 0.110 e. The molecule has 6 heteroatoms. The number of thiazole rings is 1. The average Bonchev–Trinajstić information content (AvgIpc) is 3.08. The van der Waals surface area contributed by atoms with Crippen LogP contribution in [-0.4, -0.2) is 37.5 Å². The SMILES string of the molecule is COC1(CNc2ccc3scnc3c2N)CCOC1. The van der Waals surface area contributed by atoms with Crippen LogP contribution in [0.25, 0.3) is 10.2 Å². The van der Waals surface area contributed by atoms with Gasteiger partial charge in [-0.3, -0.25) is 0 Å². The number of methoxy groups -OCH3 is 1. The van der Waals surface area contributed by atoms with Crippen LogP contribution in [-0.2, 0) is 9.47 Å². The molecule has 102 valence electrons. The Morgan fingerprint density at radius 3 is 3.21 bits per heavy atom. The van der Waals surface area contributed by atoms with E-state index in [0.717, 1.165) is 28.9 Å². The summed E-state index contributed by atoms with van der Waals surface area (Å²) in [6.07, 6.45) is 0.898. The maximum Gasteiger partial charge on any atom is 0.110 e. The number of hydrogen-bond acceptors (Lipinski definition) is 6. The van der Waals surface area contributed by atoms with E-state index in [9.17, 15) is 0 Å². The van der Waals surface area contributed by atoms with Gasteiger partial charge in [-0.2, -0.15) is 0 Å². The van der Waals surface area contributed by atoms with E-state index in [1.165, 1.54) is 0 Å². The van der Waals surface area contributed by atoms with Crippen LogP contribution in [0.1, 0.15) is 6.42 Å². The summed E-state index contributed by atoms with van der Waals surface area (Å²) in [6, 6.07) is 4.03. The Kier molecular flexibility index (Phi) is 3.30. The molecule has 0 bridgehead atoms. The van der Waals surface area contributed by atoms with E-state index in [2.05, 4.69) is 10.3 Å². The average molecular weight is 279 g/mol. The normalized spacial score (nSPS) is 23.0. The molecule has 0 saturated carbocycles. The third-order valence-corrected chi connectivity index (χ3v) is 4.44. The zero-order valence-corrected chi connectivity index (χ0v) is 11.6. The lowest BCUT2D eigenvalue weighted by Crippen LogP contribution is -2.39. The van der Waals surface area contributed by atoms with Gasteiger partial charge in [0, 0.05) is 26.7 Å². The molecule has 1 fully saturated rings. The molecule has 3 N–H and O–H groups in total. The number of fused-ring (bicyclic) bond motifs is 1. The number of hydrogen-bond donors (Lipinski definition) is 2. The van der Waals surface area contributed by atoms with Crippen molar-refractivity contribution in [2.45, 2.75) is 12.0 Å². The minimum Gasteiger partial charge on any atom is -0.395 e. The highest BCUT2D eigenvalue weighted by atomic mass is 32.1. The Labute approximate surface area is 115 Å². The quantitative estimate of drug-likeness (QED) is 0.839. The molecular weight excluding hydrogens is 262 g/mol. The number of nitrogens with one attached hydrogen (secondary N) is 1. The lowest BCUT2D eigenvalue weighted by Gasteiger charge is -2.26. The number of benzene rings is 1. The molecular formula is C13H17N3O2S. The molecule has 1 saturated heterocycles. The molecule has 3 rings (SSSR count). The van der Waals surface area contributed by atoms with Gasteiger partial charge in [-0.1, -0.05) is 0 Å². The lowest BCUT2D eigenvalue weighted by atomic mass is 10.0. The Morgan fingerprint density at radius 2 is 2.47 bits per heavy atom. The second-order valence-electron chi connectivity index (χ2n) is 4.77. The summed E-state index contributed by atoms with van der Waals surface area (Å²) in [5.74, 6) is 0. The fraction of sp³-hybridized carbons (Fsp3) is 0.462. The first-order chi connectivity index (χ1) is 9.24. The first-order valence-corrected chi connectivity index (χ1v) is 7.10. The molecule has 0 aliphatic carbocycles. The molecule has 1 aliphatic rings. The van der Waals surface area contributed by atoms with Gasteiger partial charge in [0.2, 0.25) is 0 Å². The maximum atomic E-state index is 6.14. The van der Waals surface area contributed by atoms with Gasteiger partial charge in [0.25, 0.3) is 0 Å². The summed E-state index contributed by atoms with van der Waals surface area (Å²) in [5, 5.41) is 3.36. The third-order valence-electron chi connectivity index (χ3n) is 3.64. The Balaban J connectivity index is 1.79. The lowest BCUT2D eigenvalue weighted by molar-refractivity contribution is -0.00618. The van der Waals surface area contributed by atoms with E-state index in [1.54, 1.807) is 18.4 Å². The summed E-state index contributed by atoms with van der Waals surface area (Å²) in [7, 11) is 1.73. The minimum atomic E-state index is -0.247. The van der Waals surface area contributed by atoms with E-state index < -0.39 is 0 Å². The van der Waals surface area contributed by atoms with Crippen molar-refractivity contribution < 1.29 is 9.47 Å². The highest BCUT2D eigenvalue weighted by Gasteiger charge is 2.34. The van der Waals surface area contributed by atoms with Crippen molar-refractivity contribution in [2.24, 2.45) is 0 Å². The van der Waals surface area contributed by atoms with Crippen molar-refractivity contribution in [2.75, 3.05) is 37.9 Å². The van der Waals surface area contributed by atoms with Crippen LogP contribution in [0, 0.1) is 0 Å². The molecule has 1 aromatic carbocycles. The van der Waals surface area contributed by atoms with Gasteiger partial charge < -0.3 is 20.5 Å². The zero-order chi connectivity index (χ0) is 13.3. The van der Waals surface area contributed by atoms with Crippen molar-refractivity contribution >= 4 is 32.9 Å². The fourth-order valence-corrected chi connectivity index (χ4v) is 3.02. The third kappa shape index (κ3) is 2.27. The van der Waals surface area contributed by atoms with Gasteiger partial charge in [-0.05, 0) is 12.1 Å². The predicted octanol–water partition coefficient (Wildman–Crippen LogP) is 2.10. The first-order valence-electron chi connectivity index (χ1n) is 6.22. The standard InChI is InChI=1S/C13H17N3O2S/c1-17-13(4-5-18-7-13)6-15-9-2-3-10-12(11(9)14)16-8-19-10/h2-3,8,15H,4-7,14H2,1H3. The second kappa shape index (κ2) is 4.96. The van der Waals surface area contributed by atoms with Crippen molar-refractivity contribution in [3.63, 3.8) is 0 Å². The predicted molar refractivity (Wildman–Crippen MR) is 77.7 cm³/mol. The number of aromatic nitrogens is 1. The molecule has 1 aromatic heterocycles. The topological polar surface area (TPSA) is 69.4 Å². The molecule has 0 amide bonds. The second-order valence-corrected chi connectivity index (χ2v) is 5.66. The summed E-state index contributed by atoms with van der Waals surface area (Å²) in [5.41, 5.74) is 10.2. The Bertz CT molecular complexity index is 578. The summed E-state index contributed by atoms with van der Waals surface area (Å²) < 4.78 is 12.1. The summed E-state index contributed by atoms with van der Waals surface area (Å²) in [6.45, 7) is 2.05. The van der Waals surface area contributed by atoms with E-state index in [0.29, 0.717) is 18.8 Å². The molecule has 2 heterocycles. The van der Waals surface area contributed by atoms with Gasteiger partial charge in [-0.15, -0.1) is 11.3 Å². The van der Waals surface area contributed by atoms with Crippen LogP contribution in [0.4, 0.5) is 11.4 Å². The van der Waals surface area contributed by atoms with Crippen molar-refractivity contribution in [3.8, 4) is 0 Å². The van der Waals surface area contributed by atoms with Gasteiger partial charge in [0.05, 0.1) is 28.2 Å². The Hall–Kier alpha value is -1.37. The number of rotatable bonds is 4. The van der Waals surface area contributed by atoms with E-state index in [-0.39, 0.29) is 5.60 Å². The van der Waals surface area contributed by atoms with Crippen molar-refractivity contribution in [3.05, 3.63) is 17.6 Å². The molecule has 1 unspecified atom stereocenters. The molecule has 1 atom stereocenters. The van der Waals surface area contributed by atoms with Crippen molar-refractivity contribution in [1.82, 2.24) is 4.98 Å². The van der Waals surface area contributed by atoms with E-state index in [4.69, 9.17) is 15.2 Å². The summed E-state index contributed by atoms with van der Waals surface area (Å²) >= 11 is 1.59. The number of ether oxygens (including phenoxy) is 2. The minimum absolute atomic E-state index is 0.247. The summed E-state index contributed by atoms with van der Waals surface area (Å²) in [4.78, 5) is 4.29. The number of nitrogens with two attached hydrogens (primary N) is 1. The molecule has 5 nitrogen and oxygen atoms in total. The van der Waals surface area contributed by atoms with Crippen LogP contribution in [0.3, 0.4) is 0 Å². The number of anilines is 2. The van der Waals surface area contributed by atoms with Crippen LogP contribution >= 0.6 is 11.3 Å². The molecule has 0 radical (unpaired) electrons. The van der Waals surface area contributed by atoms with Crippen LogP contribution < -0.4 is 11.1 Å². The molecule has 0 spiro atoms. The number of nitrogen functional groups attached to an aromatic ring is 1.